The SMILES string of the molecule is Cc1cccc(C)c1S(=O)(=O)F. The molecule has 0 spiro atoms. The normalized spacial score (nSPS) is 11.6. The van der Waals surface area contributed by atoms with Crippen molar-refractivity contribution >= 4 is 10.2 Å². The molecule has 0 saturated carbocycles. The number of halogens is 1. The van der Waals surface area contributed by atoms with Gasteiger partial charge in [-0.05, 0) is 25.0 Å². The van der Waals surface area contributed by atoms with Crippen LogP contribution in [0.3, 0.4) is 0 Å². The molecule has 4 heteroatoms. The van der Waals surface area contributed by atoms with E-state index in [0.29, 0.717) is 11.1 Å². The van der Waals surface area contributed by atoms with Crippen molar-refractivity contribution in [3.05, 3.63) is 29.3 Å². The molecule has 2 nitrogen and oxygen atoms in total. The zero-order chi connectivity index (χ0) is 9.35. The van der Waals surface area contributed by atoms with Gasteiger partial charge in [0.15, 0.2) is 0 Å². The molecule has 0 saturated heterocycles. The van der Waals surface area contributed by atoms with Crippen molar-refractivity contribution in [1.82, 2.24) is 0 Å². The summed E-state index contributed by atoms with van der Waals surface area (Å²) in [5.74, 6) is 0. The standard InChI is InChI=1S/C8H9FO2S/c1-6-4-3-5-7(2)8(6)12(9,10)11/h3-5H,1-2H3. The van der Waals surface area contributed by atoms with E-state index in [1.165, 1.54) is 0 Å². The fraction of sp³-hybridized carbons (Fsp3) is 0.250. The molecule has 0 aliphatic rings. The zero-order valence-corrected chi connectivity index (χ0v) is 7.65. The van der Waals surface area contributed by atoms with Crippen molar-refractivity contribution in [1.29, 1.82) is 0 Å². The lowest BCUT2D eigenvalue weighted by molar-refractivity contribution is 0.550. The van der Waals surface area contributed by atoms with E-state index >= 15 is 0 Å². The Bertz CT molecular complexity index is 375. The van der Waals surface area contributed by atoms with Gasteiger partial charge in [-0.3, -0.25) is 0 Å². The molecular formula is C8H9FO2S. The van der Waals surface area contributed by atoms with Crippen LogP contribution in [0.25, 0.3) is 0 Å². The quantitative estimate of drug-likeness (QED) is 0.631. The second-order valence-electron chi connectivity index (χ2n) is 2.66. The Kier molecular flexibility index (Phi) is 2.19. The molecule has 0 aliphatic heterocycles. The molecule has 0 aromatic heterocycles. The van der Waals surface area contributed by atoms with Crippen molar-refractivity contribution in [2.45, 2.75) is 18.7 Å². The van der Waals surface area contributed by atoms with Gasteiger partial charge in [0.1, 0.15) is 4.90 Å². The second kappa shape index (κ2) is 2.86. The molecule has 66 valence electrons. The van der Waals surface area contributed by atoms with E-state index in [1.54, 1.807) is 32.0 Å². The van der Waals surface area contributed by atoms with Crippen molar-refractivity contribution in [2.24, 2.45) is 0 Å². The number of hydrogen-bond donors (Lipinski definition) is 0. The fourth-order valence-corrected chi connectivity index (χ4v) is 2.09. The second-order valence-corrected chi connectivity index (χ2v) is 3.94. The zero-order valence-electron chi connectivity index (χ0n) is 6.83. The first-order valence-electron chi connectivity index (χ1n) is 3.44. The number of aryl methyl sites for hydroxylation is 2. The van der Waals surface area contributed by atoms with Crippen LogP contribution >= 0.6 is 0 Å². The van der Waals surface area contributed by atoms with Crippen LogP contribution in [-0.2, 0) is 10.2 Å². The Hall–Kier alpha value is -0.900. The Labute approximate surface area is 71.2 Å². The van der Waals surface area contributed by atoms with E-state index in [2.05, 4.69) is 0 Å². The van der Waals surface area contributed by atoms with E-state index in [-0.39, 0.29) is 4.90 Å². The predicted octanol–water partition coefficient (Wildman–Crippen LogP) is 1.96. The topological polar surface area (TPSA) is 34.1 Å². The lowest BCUT2D eigenvalue weighted by Gasteiger charge is -2.03. The van der Waals surface area contributed by atoms with Gasteiger partial charge in [0.25, 0.3) is 0 Å². The highest BCUT2D eigenvalue weighted by Crippen LogP contribution is 2.20. The molecule has 0 radical (unpaired) electrons. The smallest absolute Gasteiger partial charge is 0.189 e. The molecular weight excluding hydrogens is 179 g/mol. The molecule has 0 N–H and O–H groups in total. The van der Waals surface area contributed by atoms with Crippen LogP contribution in [-0.4, -0.2) is 8.42 Å². The molecule has 0 unspecified atom stereocenters. The van der Waals surface area contributed by atoms with Crippen molar-refractivity contribution in [2.75, 3.05) is 0 Å². The maximum absolute atomic E-state index is 12.6. The summed E-state index contributed by atoms with van der Waals surface area (Å²) in [4.78, 5) is -0.204. The lowest BCUT2D eigenvalue weighted by atomic mass is 10.2. The molecule has 1 aromatic rings. The average Bonchev–Trinajstić information content (AvgIpc) is 1.82. The van der Waals surface area contributed by atoms with Gasteiger partial charge >= 0.3 is 10.2 Å². The van der Waals surface area contributed by atoms with Crippen molar-refractivity contribution < 1.29 is 12.3 Å². The molecule has 0 heterocycles. The van der Waals surface area contributed by atoms with Crippen molar-refractivity contribution in [3.63, 3.8) is 0 Å². The monoisotopic (exact) mass is 188 g/mol. The Morgan fingerprint density at radius 2 is 1.58 bits per heavy atom. The van der Waals surface area contributed by atoms with Gasteiger partial charge in [0.2, 0.25) is 0 Å². The van der Waals surface area contributed by atoms with E-state index < -0.39 is 10.2 Å². The average molecular weight is 188 g/mol. The minimum absolute atomic E-state index is 0.204. The number of benzene rings is 1. The number of rotatable bonds is 1. The summed E-state index contributed by atoms with van der Waals surface area (Å²) in [6, 6.07) is 4.83. The molecule has 0 aliphatic carbocycles. The van der Waals surface area contributed by atoms with Crippen LogP contribution in [0.2, 0.25) is 0 Å². The summed E-state index contributed by atoms with van der Waals surface area (Å²) >= 11 is 0. The van der Waals surface area contributed by atoms with Gasteiger partial charge in [-0.1, -0.05) is 18.2 Å². The first-order valence-corrected chi connectivity index (χ1v) is 4.82. The third-order valence-corrected chi connectivity index (χ3v) is 2.78. The molecule has 1 aromatic carbocycles. The maximum atomic E-state index is 12.6. The summed E-state index contributed by atoms with van der Waals surface area (Å²) in [7, 11) is -4.56. The predicted molar refractivity (Wildman–Crippen MR) is 44.2 cm³/mol. The lowest BCUT2D eigenvalue weighted by Crippen LogP contribution is -1.98. The van der Waals surface area contributed by atoms with Gasteiger partial charge < -0.3 is 0 Å². The minimum Gasteiger partial charge on any atom is -0.189 e. The van der Waals surface area contributed by atoms with Gasteiger partial charge in [0, 0.05) is 0 Å². The summed E-state index contributed by atoms with van der Waals surface area (Å²) in [5, 5.41) is 0. The van der Waals surface area contributed by atoms with Crippen LogP contribution in [0.15, 0.2) is 23.1 Å². The largest absolute Gasteiger partial charge is 0.332 e. The van der Waals surface area contributed by atoms with Crippen LogP contribution in [0, 0.1) is 13.8 Å². The van der Waals surface area contributed by atoms with Crippen LogP contribution < -0.4 is 0 Å². The molecule has 0 bridgehead atoms. The summed E-state index contributed by atoms with van der Waals surface area (Å²) in [6.45, 7) is 3.14. The van der Waals surface area contributed by atoms with E-state index in [1.807, 2.05) is 0 Å². The first kappa shape index (κ1) is 9.19. The summed E-state index contributed by atoms with van der Waals surface area (Å²) in [5.41, 5.74) is 0.884. The maximum Gasteiger partial charge on any atom is 0.332 e. The highest BCUT2D eigenvalue weighted by molar-refractivity contribution is 7.86. The van der Waals surface area contributed by atoms with Crippen LogP contribution in [0.4, 0.5) is 3.89 Å². The number of hydrogen-bond acceptors (Lipinski definition) is 2. The Balaban J connectivity index is 3.53. The van der Waals surface area contributed by atoms with E-state index in [4.69, 9.17) is 0 Å². The highest BCUT2D eigenvalue weighted by atomic mass is 32.3. The van der Waals surface area contributed by atoms with E-state index in [0.717, 1.165) is 0 Å². The summed E-state index contributed by atoms with van der Waals surface area (Å²) < 4.78 is 33.8. The summed E-state index contributed by atoms with van der Waals surface area (Å²) in [6.07, 6.45) is 0. The Morgan fingerprint density at radius 3 is 1.83 bits per heavy atom. The van der Waals surface area contributed by atoms with Gasteiger partial charge in [0.05, 0.1) is 0 Å². The molecule has 0 amide bonds. The fourth-order valence-electron chi connectivity index (χ4n) is 1.18. The molecule has 0 atom stereocenters. The van der Waals surface area contributed by atoms with Gasteiger partial charge in [-0.25, -0.2) is 0 Å². The molecule has 0 fully saturated rings. The third kappa shape index (κ3) is 1.64. The van der Waals surface area contributed by atoms with Crippen molar-refractivity contribution in [3.8, 4) is 0 Å². The first-order chi connectivity index (χ1) is 5.43. The minimum atomic E-state index is -4.56. The van der Waals surface area contributed by atoms with Crippen LogP contribution in [0.1, 0.15) is 11.1 Å². The third-order valence-electron chi connectivity index (χ3n) is 1.65. The Morgan fingerprint density at radius 1 is 1.17 bits per heavy atom. The van der Waals surface area contributed by atoms with Gasteiger partial charge in [-0.15, -0.1) is 3.89 Å². The van der Waals surface area contributed by atoms with E-state index in [9.17, 15) is 12.3 Å². The van der Waals surface area contributed by atoms with Gasteiger partial charge in [-0.2, -0.15) is 8.42 Å². The molecule has 1 rings (SSSR count). The molecule has 12 heavy (non-hydrogen) atoms. The van der Waals surface area contributed by atoms with Crippen LogP contribution in [0.5, 0.6) is 0 Å². The highest BCUT2D eigenvalue weighted by Gasteiger charge is 2.16.